The molecule has 96 valence electrons. The van der Waals surface area contributed by atoms with Crippen LogP contribution in [0.25, 0.3) is 11.3 Å². The largest absolute Gasteiger partial charge is 0.358 e. The number of hydrogen-bond donors (Lipinski definition) is 2. The summed E-state index contributed by atoms with van der Waals surface area (Å²) in [5, 5.41) is 3.41. The lowest BCUT2D eigenvalue weighted by Gasteiger charge is -2.11. The van der Waals surface area contributed by atoms with Gasteiger partial charge in [0.1, 0.15) is 0 Å². The number of fused-ring (bicyclic) bond motifs is 1. The average molecular weight is 263 g/mol. The molecule has 2 aromatic rings. The van der Waals surface area contributed by atoms with Crippen LogP contribution >= 0.6 is 12.4 Å². The van der Waals surface area contributed by atoms with Gasteiger partial charge in [-0.15, -0.1) is 12.4 Å². The van der Waals surface area contributed by atoms with Crippen LogP contribution in [-0.4, -0.2) is 11.5 Å². The molecule has 0 unspecified atom stereocenters. The molecule has 3 heteroatoms. The second-order valence-corrected chi connectivity index (χ2v) is 4.91. The number of aromatic amines is 1. The van der Waals surface area contributed by atoms with Crippen LogP contribution in [0.5, 0.6) is 0 Å². The van der Waals surface area contributed by atoms with Crippen LogP contribution in [0, 0.1) is 13.8 Å². The van der Waals surface area contributed by atoms with E-state index in [-0.39, 0.29) is 12.4 Å². The maximum atomic E-state index is 3.56. The lowest BCUT2D eigenvalue weighted by molar-refractivity contribution is 0.638. The highest BCUT2D eigenvalue weighted by molar-refractivity contribution is 5.85. The lowest BCUT2D eigenvalue weighted by Crippen LogP contribution is -2.22. The molecule has 2 N–H and O–H groups in total. The molecule has 0 spiro atoms. The van der Waals surface area contributed by atoms with Gasteiger partial charge in [-0.1, -0.05) is 12.1 Å². The van der Waals surface area contributed by atoms with Crippen LogP contribution in [0.1, 0.15) is 22.4 Å². The first-order valence-electron chi connectivity index (χ1n) is 6.23. The minimum Gasteiger partial charge on any atom is -0.358 e. The minimum absolute atomic E-state index is 0. The van der Waals surface area contributed by atoms with Crippen molar-refractivity contribution in [2.75, 3.05) is 6.54 Å². The van der Waals surface area contributed by atoms with Crippen molar-refractivity contribution in [2.45, 2.75) is 26.8 Å². The quantitative estimate of drug-likeness (QED) is 0.810. The highest BCUT2D eigenvalue weighted by atomic mass is 35.5. The maximum absolute atomic E-state index is 3.56. The maximum Gasteiger partial charge on any atom is 0.0459 e. The van der Waals surface area contributed by atoms with E-state index in [1.165, 1.54) is 33.6 Å². The van der Waals surface area contributed by atoms with E-state index in [4.69, 9.17) is 0 Å². The molecule has 0 bridgehead atoms. The van der Waals surface area contributed by atoms with Crippen molar-refractivity contribution in [2.24, 2.45) is 0 Å². The number of rotatable bonds is 1. The zero-order valence-electron chi connectivity index (χ0n) is 10.8. The van der Waals surface area contributed by atoms with Crippen LogP contribution in [-0.2, 0) is 13.0 Å². The van der Waals surface area contributed by atoms with Gasteiger partial charge in [-0.2, -0.15) is 0 Å². The average Bonchev–Trinajstić information content (AvgIpc) is 2.76. The Hall–Kier alpha value is -1.25. The Labute approximate surface area is 114 Å². The van der Waals surface area contributed by atoms with Gasteiger partial charge in [0.2, 0.25) is 0 Å². The van der Waals surface area contributed by atoms with E-state index in [0.717, 1.165) is 19.5 Å². The van der Waals surface area contributed by atoms with Crippen LogP contribution in [0.4, 0.5) is 0 Å². The Bertz CT molecular complexity index is 534. The smallest absolute Gasteiger partial charge is 0.0459 e. The molecule has 0 amide bonds. The van der Waals surface area contributed by atoms with Crippen molar-refractivity contribution in [3.05, 3.63) is 46.6 Å². The van der Waals surface area contributed by atoms with Gasteiger partial charge in [-0.25, -0.2) is 0 Å². The van der Waals surface area contributed by atoms with Crippen molar-refractivity contribution in [3.8, 4) is 11.3 Å². The van der Waals surface area contributed by atoms with Gasteiger partial charge in [-0.05, 0) is 48.2 Å². The van der Waals surface area contributed by atoms with Crippen LogP contribution < -0.4 is 5.32 Å². The highest BCUT2D eigenvalue weighted by Gasteiger charge is 2.12. The summed E-state index contributed by atoms with van der Waals surface area (Å²) < 4.78 is 0. The Balaban J connectivity index is 0.00000120. The molecule has 0 fully saturated rings. The zero-order chi connectivity index (χ0) is 11.8. The summed E-state index contributed by atoms with van der Waals surface area (Å²) in [7, 11) is 0. The lowest BCUT2D eigenvalue weighted by atomic mass is 10.0. The molecule has 18 heavy (non-hydrogen) atoms. The number of aromatic nitrogens is 1. The normalized spacial score (nSPS) is 13.9. The summed E-state index contributed by atoms with van der Waals surface area (Å²) >= 11 is 0. The summed E-state index contributed by atoms with van der Waals surface area (Å²) in [6.45, 7) is 6.41. The fraction of sp³-hybridized carbons (Fsp3) is 0.333. The number of nitrogens with one attached hydrogen (secondary N) is 2. The van der Waals surface area contributed by atoms with Gasteiger partial charge in [0.25, 0.3) is 0 Å². The summed E-state index contributed by atoms with van der Waals surface area (Å²) in [6.07, 6.45) is 1.11. The minimum atomic E-state index is 0. The molecule has 0 radical (unpaired) electrons. The Kier molecular flexibility index (Phi) is 3.79. The van der Waals surface area contributed by atoms with Crippen molar-refractivity contribution < 1.29 is 0 Å². The molecule has 1 aromatic carbocycles. The number of benzene rings is 1. The van der Waals surface area contributed by atoms with E-state index in [1.54, 1.807) is 0 Å². The van der Waals surface area contributed by atoms with Crippen LogP contribution in [0.3, 0.4) is 0 Å². The number of H-pyrrole nitrogens is 1. The molecule has 0 saturated heterocycles. The molecule has 0 saturated carbocycles. The summed E-state index contributed by atoms with van der Waals surface area (Å²) in [5.74, 6) is 0. The third kappa shape index (κ3) is 2.31. The van der Waals surface area contributed by atoms with Gasteiger partial charge in [0.05, 0.1) is 0 Å². The summed E-state index contributed by atoms with van der Waals surface area (Å²) in [4.78, 5) is 3.56. The van der Waals surface area contributed by atoms with E-state index in [9.17, 15) is 0 Å². The Morgan fingerprint density at radius 2 is 1.89 bits per heavy atom. The van der Waals surface area contributed by atoms with Gasteiger partial charge in [0, 0.05) is 30.9 Å². The predicted molar refractivity (Wildman–Crippen MR) is 78.4 cm³/mol. The van der Waals surface area contributed by atoms with E-state index in [0.29, 0.717) is 0 Å². The second kappa shape index (κ2) is 5.17. The molecule has 2 heterocycles. The Morgan fingerprint density at radius 3 is 2.61 bits per heavy atom. The number of aryl methyl sites for hydroxylation is 2. The second-order valence-electron chi connectivity index (χ2n) is 4.91. The fourth-order valence-corrected chi connectivity index (χ4v) is 2.42. The first kappa shape index (κ1) is 13.2. The molecular formula is C15H19ClN2. The van der Waals surface area contributed by atoms with E-state index >= 15 is 0 Å². The van der Waals surface area contributed by atoms with E-state index in [2.05, 4.69) is 48.4 Å². The SMILES string of the molecule is Cc1ccc(-c2cc3c([nH]2)CCNC3)cc1C.Cl. The number of hydrogen-bond acceptors (Lipinski definition) is 1. The highest BCUT2D eigenvalue weighted by Crippen LogP contribution is 2.25. The van der Waals surface area contributed by atoms with E-state index in [1.807, 2.05) is 0 Å². The molecule has 2 nitrogen and oxygen atoms in total. The predicted octanol–water partition coefficient (Wildman–Crippen LogP) is 3.37. The van der Waals surface area contributed by atoms with Crippen molar-refractivity contribution in [1.82, 2.24) is 10.3 Å². The Morgan fingerprint density at radius 1 is 1.06 bits per heavy atom. The standard InChI is InChI=1S/C15H18N2.ClH/c1-10-3-4-12(7-11(10)2)15-8-13-9-16-6-5-14(13)17-15;/h3-4,7-8,16-17H,5-6,9H2,1-2H3;1H. The van der Waals surface area contributed by atoms with Crippen LogP contribution in [0.15, 0.2) is 24.3 Å². The summed E-state index contributed by atoms with van der Waals surface area (Å²) in [6, 6.07) is 8.95. The van der Waals surface area contributed by atoms with Crippen molar-refractivity contribution >= 4 is 12.4 Å². The van der Waals surface area contributed by atoms with Gasteiger partial charge in [-0.3, -0.25) is 0 Å². The third-order valence-electron chi connectivity index (χ3n) is 3.68. The monoisotopic (exact) mass is 262 g/mol. The molecule has 0 atom stereocenters. The van der Waals surface area contributed by atoms with Crippen molar-refractivity contribution in [1.29, 1.82) is 0 Å². The van der Waals surface area contributed by atoms with Crippen molar-refractivity contribution in [3.63, 3.8) is 0 Å². The molecule has 1 aliphatic rings. The molecule has 3 rings (SSSR count). The van der Waals surface area contributed by atoms with Crippen LogP contribution in [0.2, 0.25) is 0 Å². The summed E-state index contributed by atoms with van der Waals surface area (Å²) in [5.41, 5.74) is 8.07. The van der Waals surface area contributed by atoms with Gasteiger partial charge >= 0.3 is 0 Å². The fourth-order valence-electron chi connectivity index (χ4n) is 2.42. The molecule has 0 aliphatic carbocycles. The number of halogens is 1. The molecule has 1 aliphatic heterocycles. The molecule has 1 aromatic heterocycles. The zero-order valence-corrected chi connectivity index (χ0v) is 11.7. The topological polar surface area (TPSA) is 27.8 Å². The first-order chi connectivity index (χ1) is 8.24. The van der Waals surface area contributed by atoms with Gasteiger partial charge in [0.15, 0.2) is 0 Å². The van der Waals surface area contributed by atoms with E-state index < -0.39 is 0 Å². The first-order valence-corrected chi connectivity index (χ1v) is 6.23. The third-order valence-corrected chi connectivity index (χ3v) is 3.68. The molecular weight excluding hydrogens is 244 g/mol. The van der Waals surface area contributed by atoms with Gasteiger partial charge < -0.3 is 10.3 Å².